The van der Waals surface area contributed by atoms with Crippen molar-refractivity contribution in [1.29, 1.82) is 0 Å². The van der Waals surface area contributed by atoms with Crippen molar-refractivity contribution in [2.45, 2.75) is 23.8 Å². The average Bonchev–Trinajstić information content (AvgIpc) is 3.31. The van der Waals surface area contributed by atoms with Crippen LogP contribution in [0.25, 0.3) is 0 Å². The Morgan fingerprint density at radius 2 is 2.16 bits per heavy atom. The van der Waals surface area contributed by atoms with Gasteiger partial charge in [-0.3, -0.25) is 4.79 Å². The van der Waals surface area contributed by atoms with Gasteiger partial charge in [-0.1, -0.05) is 12.1 Å². The molecule has 1 aliphatic heterocycles. The fraction of sp³-hybridized carbons (Fsp3) is 0.333. The summed E-state index contributed by atoms with van der Waals surface area (Å²) in [6, 6.07) is 10.9. The summed E-state index contributed by atoms with van der Waals surface area (Å²) in [6.07, 6.45) is 2.45. The fourth-order valence-corrected chi connectivity index (χ4v) is 4.47. The van der Waals surface area contributed by atoms with E-state index in [1.54, 1.807) is 23.9 Å². The second kappa shape index (κ2) is 8.51. The van der Waals surface area contributed by atoms with Crippen LogP contribution < -0.4 is 5.32 Å². The topological polar surface area (TPSA) is 64.6 Å². The van der Waals surface area contributed by atoms with Crippen molar-refractivity contribution in [3.8, 4) is 0 Å². The van der Waals surface area contributed by atoms with Gasteiger partial charge in [0.15, 0.2) is 0 Å². The van der Waals surface area contributed by atoms with E-state index in [1.165, 1.54) is 18.4 Å². The molecule has 0 bridgehead atoms. The van der Waals surface area contributed by atoms with E-state index < -0.39 is 5.97 Å². The largest absolute Gasteiger partial charge is 0.465 e. The highest BCUT2D eigenvalue weighted by molar-refractivity contribution is 7.99. The molecule has 2 aromatic rings. The molecule has 7 heteroatoms. The maximum atomic E-state index is 12.6. The Labute approximate surface area is 154 Å². The summed E-state index contributed by atoms with van der Waals surface area (Å²) >= 11 is 2.84. The van der Waals surface area contributed by atoms with Crippen molar-refractivity contribution in [3.05, 3.63) is 46.8 Å². The van der Waals surface area contributed by atoms with Gasteiger partial charge in [-0.05, 0) is 37.1 Å². The van der Waals surface area contributed by atoms with Crippen molar-refractivity contribution in [2.24, 2.45) is 0 Å². The minimum atomic E-state index is -0.405. The van der Waals surface area contributed by atoms with Crippen LogP contribution in [0.5, 0.6) is 0 Å². The fourth-order valence-electron chi connectivity index (χ4n) is 2.53. The maximum absolute atomic E-state index is 12.6. The van der Waals surface area contributed by atoms with Crippen molar-refractivity contribution < 1.29 is 19.1 Å². The summed E-state index contributed by atoms with van der Waals surface area (Å²) in [4.78, 5) is 25.5. The van der Waals surface area contributed by atoms with Gasteiger partial charge in [-0.25, -0.2) is 4.79 Å². The molecule has 1 aromatic heterocycles. The first-order chi connectivity index (χ1) is 12.2. The van der Waals surface area contributed by atoms with Crippen LogP contribution in [0.15, 0.2) is 41.3 Å². The number of benzene rings is 1. The molecule has 2 heterocycles. The van der Waals surface area contributed by atoms with Crippen LogP contribution in [-0.4, -0.2) is 37.4 Å². The lowest BCUT2D eigenvalue weighted by atomic mass is 10.2. The van der Waals surface area contributed by atoms with E-state index >= 15 is 0 Å². The van der Waals surface area contributed by atoms with Crippen LogP contribution in [0.2, 0.25) is 0 Å². The van der Waals surface area contributed by atoms with Crippen LogP contribution in [-0.2, 0) is 9.47 Å². The third-order valence-electron chi connectivity index (χ3n) is 3.81. The highest BCUT2D eigenvalue weighted by Gasteiger charge is 2.18. The number of carbonyl (C=O) groups is 2. The number of methoxy groups -OCH3 is 1. The Morgan fingerprint density at radius 3 is 2.92 bits per heavy atom. The molecule has 1 unspecified atom stereocenters. The van der Waals surface area contributed by atoms with Gasteiger partial charge in [0.2, 0.25) is 0 Å². The van der Waals surface area contributed by atoms with Gasteiger partial charge in [0.25, 0.3) is 5.91 Å². The standard InChI is InChI=1S/C18H19NO4S2/c1-22-18(21)15-8-9-16(25-15)19-17(20)13-6-2-3-7-14(13)24-11-12-5-4-10-23-12/h2-3,6-9,12H,4-5,10-11H2,1H3,(H,19,20). The molecule has 1 aromatic carbocycles. The lowest BCUT2D eigenvalue weighted by Gasteiger charge is -2.12. The van der Waals surface area contributed by atoms with Crippen LogP contribution >= 0.6 is 23.1 Å². The van der Waals surface area contributed by atoms with Gasteiger partial charge in [0.1, 0.15) is 4.88 Å². The van der Waals surface area contributed by atoms with E-state index in [1.807, 2.05) is 24.3 Å². The zero-order chi connectivity index (χ0) is 17.6. The number of amides is 1. The molecular formula is C18H19NO4S2. The summed E-state index contributed by atoms with van der Waals surface area (Å²) in [7, 11) is 1.34. The van der Waals surface area contributed by atoms with Crippen LogP contribution in [0, 0.1) is 0 Å². The van der Waals surface area contributed by atoms with Crippen LogP contribution in [0.4, 0.5) is 5.00 Å². The van der Waals surface area contributed by atoms with Crippen molar-refractivity contribution in [3.63, 3.8) is 0 Å². The molecule has 25 heavy (non-hydrogen) atoms. The monoisotopic (exact) mass is 377 g/mol. The van der Waals surface area contributed by atoms with Crippen molar-refractivity contribution in [1.82, 2.24) is 0 Å². The summed E-state index contributed by atoms with van der Waals surface area (Å²) < 4.78 is 10.3. The first-order valence-electron chi connectivity index (χ1n) is 8.00. The summed E-state index contributed by atoms with van der Waals surface area (Å²) in [5.74, 6) is 0.252. The molecule has 1 amide bonds. The molecule has 0 radical (unpaired) electrons. The number of anilines is 1. The lowest BCUT2D eigenvalue weighted by molar-refractivity contribution is 0.0606. The van der Waals surface area contributed by atoms with Gasteiger partial charge in [-0.15, -0.1) is 23.1 Å². The summed E-state index contributed by atoms with van der Waals surface area (Å²) in [6.45, 7) is 0.828. The zero-order valence-corrected chi connectivity index (χ0v) is 15.5. The third kappa shape index (κ3) is 4.62. The quantitative estimate of drug-likeness (QED) is 0.607. The zero-order valence-electron chi connectivity index (χ0n) is 13.8. The molecule has 1 aliphatic rings. The van der Waals surface area contributed by atoms with Gasteiger partial charge < -0.3 is 14.8 Å². The molecule has 1 N–H and O–H groups in total. The highest BCUT2D eigenvalue weighted by Crippen LogP contribution is 2.28. The lowest BCUT2D eigenvalue weighted by Crippen LogP contribution is -2.13. The molecule has 1 saturated heterocycles. The molecule has 3 rings (SSSR count). The first-order valence-corrected chi connectivity index (χ1v) is 9.80. The minimum Gasteiger partial charge on any atom is -0.465 e. The second-order valence-corrected chi connectivity index (χ2v) is 7.70. The SMILES string of the molecule is COC(=O)c1ccc(NC(=O)c2ccccc2SCC2CCCO2)s1. The number of thiophene rings is 1. The molecule has 5 nitrogen and oxygen atoms in total. The number of hydrogen-bond acceptors (Lipinski definition) is 6. The number of nitrogens with one attached hydrogen (secondary N) is 1. The molecule has 0 saturated carbocycles. The third-order valence-corrected chi connectivity index (χ3v) is 6.00. The van der Waals surface area contributed by atoms with E-state index in [2.05, 4.69) is 10.1 Å². The number of rotatable bonds is 6. The van der Waals surface area contributed by atoms with Crippen LogP contribution in [0.1, 0.15) is 32.9 Å². The van der Waals surface area contributed by atoms with E-state index in [-0.39, 0.29) is 12.0 Å². The second-order valence-electron chi connectivity index (χ2n) is 5.55. The Bertz CT molecular complexity index is 753. The Balaban J connectivity index is 1.67. The number of esters is 1. The number of hydrogen-bond donors (Lipinski definition) is 1. The average molecular weight is 377 g/mol. The highest BCUT2D eigenvalue weighted by atomic mass is 32.2. The molecule has 1 fully saturated rings. The minimum absolute atomic E-state index is 0.186. The van der Waals surface area contributed by atoms with Gasteiger partial charge in [0.05, 0.1) is 23.8 Å². The van der Waals surface area contributed by atoms with Crippen molar-refractivity contribution >= 4 is 40.0 Å². The smallest absolute Gasteiger partial charge is 0.348 e. The molecule has 132 valence electrons. The Hall–Kier alpha value is -1.83. The van der Waals surface area contributed by atoms with Crippen LogP contribution in [0.3, 0.4) is 0 Å². The van der Waals surface area contributed by atoms with E-state index in [0.717, 1.165) is 30.1 Å². The van der Waals surface area contributed by atoms with E-state index in [9.17, 15) is 9.59 Å². The Morgan fingerprint density at radius 1 is 1.32 bits per heavy atom. The number of ether oxygens (including phenoxy) is 2. The molecular weight excluding hydrogens is 358 g/mol. The number of thioether (sulfide) groups is 1. The maximum Gasteiger partial charge on any atom is 0.348 e. The van der Waals surface area contributed by atoms with E-state index in [4.69, 9.17) is 4.74 Å². The normalized spacial score (nSPS) is 16.6. The number of carbonyl (C=O) groups excluding carboxylic acids is 2. The first kappa shape index (κ1) is 18.0. The summed E-state index contributed by atoms with van der Waals surface area (Å²) in [5.41, 5.74) is 0.624. The van der Waals surface area contributed by atoms with Gasteiger partial charge >= 0.3 is 5.97 Å². The predicted octanol–water partition coefficient (Wildman–Crippen LogP) is 4.06. The Kier molecular flexibility index (Phi) is 6.12. The molecule has 0 spiro atoms. The van der Waals surface area contributed by atoms with E-state index in [0.29, 0.717) is 15.4 Å². The van der Waals surface area contributed by atoms with Gasteiger partial charge in [0, 0.05) is 17.3 Å². The molecule has 0 aliphatic carbocycles. The van der Waals surface area contributed by atoms with Crippen molar-refractivity contribution in [2.75, 3.05) is 24.8 Å². The molecule has 1 atom stereocenters. The van der Waals surface area contributed by atoms with Gasteiger partial charge in [-0.2, -0.15) is 0 Å². The summed E-state index contributed by atoms with van der Waals surface area (Å²) in [5, 5.41) is 3.47. The predicted molar refractivity (Wildman–Crippen MR) is 99.8 cm³/mol.